The van der Waals surface area contributed by atoms with Crippen LogP contribution < -0.4 is 0 Å². The molecule has 0 fully saturated rings. The fourth-order valence-corrected chi connectivity index (χ4v) is 3.50. The molecule has 0 bridgehead atoms. The van der Waals surface area contributed by atoms with Gasteiger partial charge in [-0.25, -0.2) is 0 Å². The number of hydrogen-bond donors (Lipinski definition) is 1. The van der Waals surface area contributed by atoms with Gasteiger partial charge >= 0.3 is 11.9 Å². The summed E-state index contributed by atoms with van der Waals surface area (Å²) in [6.07, 6.45) is 27.8. The quantitative estimate of drug-likeness (QED) is 0.106. The van der Waals surface area contributed by atoms with Crippen LogP contribution in [-0.4, -0.2) is 23.1 Å². The Labute approximate surface area is 191 Å². The summed E-state index contributed by atoms with van der Waals surface area (Å²) >= 11 is 0. The minimum atomic E-state index is -0.919. The van der Waals surface area contributed by atoms with Gasteiger partial charge in [-0.05, 0) is 44.9 Å². The van der Waals surface area contributed by atoms with Crippen LogP contribution in [0.2, 0.25) is 0 Å². The first-order chi connectivity index (χ1) is 15.1. The van der Waals surface area contributed by atoms with Crippen molar-refractivity contribution < 1.29 is 19.4 Å². The van der Waals surface area contributed by atoms with E-state index in [9.17, 15) is 9.59 Å². The molecule has 0 spiro atoms. The Kier molecular flexibility index (Phi) is 21.9. The van der Waals surface area contributed by atoms with Crippen LogP contribution in [0.1, 0.15) is 129 Å². The van der Waals surface area contributed by atoms with Crippen molar-refractivity contribution in [2.24, 2.45) is 0 Å². The van der Waals surface area contributed by atoms with Gasteiger partial charge in [0.15, 0.2) is 0 Å². The molecule has 0 saturated heterocycles. The third-order valence-corrected chi connectivity index (χ3v) is 5.49. The van der Waals surface area contributed by atoms with Crippen LogP contribution in [0.25, 0.3) is 0 Å². The summed E-state index contributed by atoms with van der Waals surface area (Å²) in [5, 5.41) is 8.78. The highest BCUT2D eigenvalue weighted by molar-refractivity contribution is 5.71. The van der Waals surface area contributed by atoms with Gasteiger partial charge in [-0.3, -0.25) is 9.59 Å². The lowest BCUT2D eigenvalue weighted by Gasteiger charge is -2.13. The van der Waals surface area contributed by atoms with Crippen LogP contribution in [0, 0.1) is 0 Å². The summed E-state index contributed by atoms with van der Waals surface area (Å²) < 4.78 is 5.22. The summed E-state index contributed by atoms with van der Waals surface area (Å²) in [6, 6.07) is 0. The van der Waals surface area contributed by atoms with Gasteiger partial charge in [0.2, 0.25) is 0 Å². The maximum Gasteiger partial charge on any atom is 0.307 e. The first-order valence-corrected chi connectivity index (χ1v) is 12.8. The van der Waals surface area contributed by atoms with Crippen molar-refractivity contribution in [1.29, 1.82) is 0 Å². The van der Waals surface area contributed by atoms with E-state index in [2.05, 4.69) is 31.2 Å². The second kappa shape index (κ2) is 23.1. The maximum absolute atomic E-state index is 11.8. The summed E-state index contributed by atoms with van der Waals surface area (Å²) in [6.45, 7) is 4.08. The summed E-state index contributed by atoms with van der Waals surface area (Å²) in [7, 11) is 0. The van der Waals surface area contributed by atoms with E-state index in [4.69, 9.17) is 9.84 Å². The molecular formula is C27H48O4. The Morgan fingerprint density at radius 1 is 0.742 bits per heavy atom. The number of hydrogen-bond acceptors (Lipinski definition) is 3. The molecule has 4 heteroatoms. The molecule has 0 saturated carbocycles. The van der Waals surface area contributed by atoms with Gasteiger partial charge in [0, 0.05) is 6.42 Å². The van der Waals surface area contributed by atoms with Gasteiger partial charge < -0.3 is 9.84 Å². The molecule has 180 valence electrons. The van der Waals surface area contributed by atoms with Crippen LogP contribution in [-0.2, 0) is 14.3 Å². The van der Waals surface area contributed by atoms with E-state index in [1.54, 1.807) is 0 Å². The van der Waals surface area contributed by atoms with Crippen LogP contribution in [0.15, 0.2) is 24.3 Å². The van der Waals surface area contributed by atoms with Crippen molar-refractivity contribution in [3.05, 3.63) is 24.3 Å². The molecule has 0 amide bonds. The van der Waals surface area contributed by atoms with E-state index in [0.29, 0.717) is 12.8 Å². The molecule has 0 aromatic heterocycles. The molecular weight excluding hydrogens is 388 g/mol. The van der Waals surface area contributed by atoms with Crippen LogP contribution >= 0.6 is 0 Å². The Hall–Kier alpha value is -1.58. The Bertz CT molecular complexity index is 482. The number of carbonyl (C=O) groups is 2. The van der Waals surface area contributed by atoms with E-state index in [0.717, 1.165) is 25.7 Å². The van der Waals surface area contributed by atoms with Crippen LogP contribution in [0.3, 0.4) is 0 Å². The molecule has 0 heterocycles. The predicted octanol–water partition coefficient (Wildman–Crippen LogP) is 8.16. The minimum absolute atomic E-state index is 0.102. The monoisotopic (exact) mass is 436 g/mol. The summed E-state index contributed by atoms with van der Waals surface area (Å²) in [4.78, 5) is 22.4. The molecule has 0 aromatic carbocycles. The standard InChI is InChI=1S/C27H48O4/c1-3-5-6-7-8-9-10-11-12-13-14-15-16-17-18-19-20-21-22-23-27(30)31-25(4-2)24-26(28)29/h8-9,11-12,25H,3-7,10,13-24H2,1-2H3,(H,28,29)/b9-8-,12-11-. The predicted molar refractivity (Wildman–Crippen MR) is 130 cm³/mol. The molecule has 0 radical (unpaired) electrons. The van der Waals surface area contributed by atoms with E-state index in [-0.39, 0.29) is 12.4 Å². The molecule has 0 rings (SSSR count). The number of carboxylic acid groups (broad SMARTS) is 1. The molecule has 4 nitrogen and oxygen atoms in total. The third kappa shape index (κ3) is 22.9. The number of ether oxygens (including phenoxy) is 1. The SMILES string of the molecule is CCCCC/C=C\C/C=C\CCCCCCCCCCCC(=O)OC(CC)CC(=O)O. The van der Waals surface area contributed by atoms with Gasteiger partial charge in [-0.2, -0.15) is 0 Å². The maximum atomic E-state index is 11.8. The van der Waals surface area contributed by atoms with Crippen LogP contribution in [0.4, 0.5) is 0 Å². The van der Waals surface area contributed by atoms with Gasteiger partial charge in [-0.1, -0.05) is 95.9 Å². The van der Waals surface area contributed by atoms with E-state index in [1.165, 1.54) is 70.6 Å². The zero-order valence-corrected chi connectivity index (χ0v) is 20.3. The lowest BCUT2D eigenvalue weighted by atomic mass is 10.1. The zero-order chi connectivity index (χ0) is 23.0. The third-order valence-electron chi connectivity index (χ3n) is 5.49. The van der Waals surface area contributed by atoms with Crippen molar-refractivity contribution in [1.82, 2.24) is 0 Å². The number of carbonyl (C=O) groups excluding carboxylic acids is 1. The Morgan fingerprint density at radius 2 is 1.26 bits per heavy atom. The highest BCUT2D eigenvalue weighted by Crippen LogP contribution is 2.13. The molecule has 0 aliphatic rings. The Morgan fingerprint density at radius 3 is 1.77 bits per heavy atom. The number of allylic oxidation sites excluding steroid dienone is 4. The van der Waals surface area contributed by atoms with Gasteiger partial charge in [0.1, 0.15) is 6.10 Å². The number of esters is 1. The fourth-order valence-electron chi connectivity index (χ4n) is 3.50. The molecule has 0 aliphatic heterocycles. The molecule has 0 aliphatic carbocycles. The highest BCUT2D eigenvalue weighted by Gasteiger charge is 2.15. The second-order valence-electron chi connectivity index (χ2n) is 8.51. The fraction of sp³-hybridized carbons (Fsp3) is 0.778. The number of aliphatic carboxylic acids is 1. The second-order valence-corrected chi connectivity index (χ2v) is 8.51. The van der Waals surface area contributed by atoms with Crippen molar-refractivity contribution in [2.75, 3.05) is 0 Å². The van der Waals surface area contributed by atoms with Crippen LogP contribution in [0.5, 0.6) is 0 Å². The Balaban J connectivity index is 3.37. The summed E-state index contributed by atoms with van der Waals surface area (Å²) in [5.74, 6) is -1.18. The normalized spacial score (nSPS) is 12.6. The van der Waals surface area contributed by atoms with Crippen molar-refractivity contribution in [2.45, 2.75) is 136 Å². The zero-order valence-electron chi connectivity index (χ0n) is 20.3. The molecule has 1 atom stereocenters. The topological polar surface area (TPSA) is 63.6 Å². The number of unbranched alkanes of at least 4 members (excludes halogenated alkanes) is 12. The first kappa shape index (κ1) is 29.4. The van der Waals surface area contributed by atoms with Gasteiger partial charge in [0.05, 0.1) is 6.42 Å². The number of carboxylic acids is 1. The van der Waals surface area contributed by atoms with Gasteiger partial charge in [-0.15, -0.1) is 0 Å². The minimum Gasteiger partial charge on any atom is -0.481 e. The largest absolute Gasteiger partial charge is 0.481 e. The lowest BCUT2D eigenvalue weighted by Crippen LogP contribution is -2.20. The van der Waals surface area contributed by atoms with E-state index in [1.807, 2.05) is 6.92 Å². The first-order valence-electron chi connectivity index (χ1n) is 12.8. The average Bonchev–Trinajstić information content (AvgIpc) is 2.74. The van der Waals surface area contributed by atoms with Crippen molar-refractivity contribution in [3.8, 4) is 0 Å². The smallest absolute Gasteiger partial charge is 0.307 e. The van der Waals surface area contributed by atoms with E-state index >= 15 is 0 Å². The summed E-state index contributed by atoms with van der Waals surface area (Å²) in [5.41, 5.74) is 0. The van der Waals surface area contributed by atoms with Gasteiger partial charge in [0.25, 0.3) is 0 Å². The molecule has 1 unspecified atom stereocenters. The van der Waals surface area contributed by atoms with Crippen molar-refractivity contribution in [3.63, 3.8) is 0 Å². The average molecular weight is 437 g/mol. The number of rotatable bonds is 22. The molecule has 31 heavy (non-hydrogen) atoms. The van der Waals surface area contributed by atoms with E-state index < -0.39 is 12.1 Å². The molecule has 1 N–H and O–H groups in total. The van der Waals surface area contributed by atoms with Crippen molar-refractivity contribution >= 4 is 11.9 Å². The highest BCUT2D eigenvalue weighted by atomic mass is 16.5. The molecule has 0 aromatic rings. The lowest BCUT2D eigenvalue weighted by molar-refractivity contribution is -0.153.